The SMILES string of the molecule is CCNCc1ccc(COC2CCC(C)C(C)C2)nc1. The highest BCUT2D eigenvalue weighted by Gasteiger charge is 2.24. The van der Waals surface area contributed by atoms with Gasteiger partial charge < -0.3 is 10.1 Å². The summed E-state index contributed by atoms with van der Waals surface area (Å²) in [5.74, 6) is 1.63. The fraction of sp³-hybridized carbons (Fsp3) is 0.706. The molecule has 3 unspecified atom stereocenters. The molecule has 1 aromatic rings. The van der Waals surface area contributed by atoms with E-state index in [-0.39, 0.29) is 0 Å². The second-order valence-corrected chi connectivity index (χ2v) is 6.14. The maximum Gasteiger partial charge on any atom is 0.0891 e. The molecule has 112 valence electrons. The minimum absolute atomic E-state index is 0.421. The third kappa shape index (κ3) is 4.57. The molecule has 0 saturated heterocycles. The lowest BCUT2D eigenvalue weighted by atomic mass is 9.80. The quantitative estimate of drug-likeness (QED) is 0.863. The Hall–Kier alpha value is -0.930. The van der Waals surface area contributed by atoms with E-state index in [4.69, 9.17) is 4.74 Å². The Bertz CT molecular complexity index is 390. The Balaban J connectivity index is 1.76. The van der Waals surface area contributed by atoms with Gasteiger partial charge in [-0.1, -0.05) is 26.8 Å². The Labute approximate surface area is 123 Å². The molecule has 3 nitrogen and oxygen atoms in total. The molecular weight excluding hydrogens is 248 g/mol. The van der Waals surface area contributed by atoms with E-state index in [9.17, 15) is 0 Å². The lowest BCUT2D eigenvalue weighted by Crippen LogP contribution is -2.26. The Morgan fingerprint density at radius 1 is 1.25 bits per heavy atom. The van der Waals surface area contributed by atoms with E-state index in [0.717, 1.165) is 30.6 Å². The van der Waals surface area contributed by atoms with Crippen LogP contribution in [0.25, 0.3) is 0 Å². The topological polar surface area (TPSA) is 34.1 Å². The molecule has 0 spiro atoms. The van der Waals surface area contributed by atoms with Gasteiger partial charge in [-0.3, -0.25) is 4.98 Å². The molecule has 1 aliphatic rings. The molecule has 1 aromatic heterocycles. The van der Waals surface area contributed by atoms with Crippen LogP contribution in [0.15, 0.2) is 18.3 Å². The zero-order valence-electron chi connectivity index (χ0n) is 13.1. The van der Waals surface area contributed by atoms with Gasteiger partial charge in [0.25, 0.3) is 0 Å². The van der Waals surface area contributed by atoms with Crippen LogP contribution in [0.5, 0.6) is 0 Å². The Morgan fingerprint density at radius 2 is 2.10 bits per heavy atom. The predicted molar refractivity (Wildman–Crippen MR) is 82.4 cm³/mol. The lowest BCUT2D eigenvalue weighted by Gasteiger charge is -2.31. The average Bonchev–Trinajstić information content (AvgIpc) is 2.47. The number of pyridine rings is 1. The van der Waals surface area contributed by atoms with E-state index in [2.05, 4.69) is 43.2 Å². The van der Waals surface area contributed by atoms with E-state index < -0.39 is 0 Å². The van der Waals surface area contributed by atoms with Crippen LogP contribution in [0.2, 0.25) is 0 Å². The molecule has 3 heteroatoms. The molecule has 0 radical (unpaired) electrons. The summed E-state index contributed by atoms with van der Waals surface area (Å²) < 4.78 is 6.03. The number of aromatic nitrogens is 1. The van der Waals surface area contributed by atoms with E-state index in [1.165, 1.54) is 24.8 Å². The van der Waals surface area contributed by atoms with Gasteiger partial charge >= 0.3 is 0 Å². The third-order valence-electron chi connectivity index (χ3n) is 4.48. The van der Waals surface area contributed by atoms with Crippen LogP contribution in [0, 0.1) is 11.8 Å². The first-order valence-corrected chi connectivity index (χ1v) is 7.95. The van der Waals surface area contributed by atoms with E-state index in [1.807, 2.05) is 6.20 Å². The molecule has 0 bridgehead atoms. The highest BCUT2D eigenvalue weighted by atomic mass is 16.5. The lowest BCUT2D eigenvalue weighted by molar-refractivity contribution is -0.00876. The standard InChI is InChI=1S/C17H28N2O/c1-4-18-10-15-6-7-16(19-11-15)12-20-17-8-5-13(2)14(3)9-17/h6-7,11,13-14,17-18H,4-5,8-10,12H2,1-3H3. The van der Waals surface area contributed by atoms with Crippen LogP contribution in [-0.4, -0.2) is 17.6 Å². The van der Waals surface area contributed by atoms with Gasteiger partial charge in [-0.15, -0.1) is 0 Å². The van der Waals surface area contributed by atoms with Crippen LogP contribution in [0.3, 0.4) is 0 Å². The Morgan fingerprint density at radius 3 is 2.75 bits per heavy atom. The van der Waals surface area contributed by atoms with Gasteiger partial charge in [0.2, 0.25) is 0 Å². The van der Waals surface area contributed by atoms with Gasteiger partial charge in [0.15, 0.2) is 0 Å². The molecule has 1 aliphatic carbocycles. The third-order valence-corrected chi connectivity index (χ3v) is 4.48. The summed E-state index contributed by atoms with van der Waals surface area (Å²) in [4.78, 5) is 4.48. The summed E-state index contributed by atoms with van der Waals surface area (Å²) in [5.41, 5.74) is 2.27. The van der Waals surface area contributed by atoms with Gasteiger partial charge in [-0.05, 0) is 49.3 Å². The molecule has 0 amide bonds. The number of rotatable bonds is 6. The smallest absolute Gasteiger partial charge is 0.0891 e. The van der Waals surface area contributed by atoms with E-state index >= 15 is 0 Å². The summed E-state index contributed by atoms with van der Waals surface area (Å²) in [6.45, 7) is 9.33. The van der Waals surface area contributed by atoms with Crippen molar-refractivity contribution in [3.05, 3.63) is 29.6 Å². The van der Waals surface area contributed by atoms with Crippen LogP contribution in [0.4, 0.5) is 0 Å². The Kier molecular flexibility index (Phi) is 5.99. The summed E-state index contributed by atoms with van der Waals surface area (Å²) in [5, 5.41) is 3.31. The second kappa shape index (κ2) is 7.75. The van der Waals surface area contributed by atoms with Crippen molar-refractivity contribution in [1.82, 2.24) is 10.3 Å². The summed E-state index contributed by atoms with van der Waals surface area (Å²) in [7, 11) is 0. The van der Waals surface area contributed by atoms with E-state index in [0.29, 0.717) is 12.7 Å². The van der Waals surface area contributed by atoms with Crippen LogP contribution in [0.1, 0.15) is 51.3 Å². The number of ether oxygens (including phenoxy) is 1. The molecular formula is C17H28N2O. The van der Waals surface area contributed by atoms with Crippen molar-refractivity contribution in [2.75, 3.05) is 6.54 Å². The van der Waals surface area contributed by atoms with Crippen molar-refractivity contribution >= 4 is 0 Å². The van der Waals surface area contributed by atoms with Crippen molar-refractivity contribution in [1.29, 1.82) is 0 Å². The van der Waals surface area contributed by atoms with Gasteiger partial charge in [0.05, 0.1) is 18.4 Å². The highest BCUT2D eigenvalue weighted by Crippen LogP contribution is 2.31. The van der Waals surface area contributed by atoms with Crippen molar-refractivity contribution in [2.45, 2.75) is 59.3 Å². The predicted octanol–water partition coefficient (Wildman–Crippen LogP) is 3.53. The van der Waals surface area contributed by atoms with Crippen molar-refractivity contribution in [3.63, 3.8) is 0 Å². The van der Waals surface area contributed by atoms with Crippen LogP contribution < -0.4 is 5.32 Å². The molecule has 1 heterocycles. The fourth-order valence-corrected chi connectivity index (χ4v) is 2.77. The summed E-state index contributed by atoms with van der Waals surface area (Å²) in [6.07, 6.45) is 6.06. The van der Waals surface area contributed by atoms with Gasteiger partial charge in [0.1, 0.15) is 0 Å². The zero-order chi connectivity index (χ0) is 14.4. The minimum Gasteiger partial charge on any atom is -0.372 e. The molecule has 2 rings (SSSR count). The molecule has 0 aliphatic heterocycles. The molecule has 20 heavy (non-hydrogen) atoms. The average molecular weight is 276 g/mol. The largest absolute Gasteiger partial charge is 0.372 e. The normalized spacial score (nSPS) is 26.6. The number of nitrogens with zero attached hydrogens (tertiary/aromatic N) is 1. The van der Waals surface area contributed by atoms with Crippen molar-refractivity contribution < 1.29 is 4.74 Å². The number of hydrogen-bond donors (Lipinski definition) is 1. The minimum atomic E-state index is 0.421. The highest BCUT2D eigenvalue weighted by molar-refractivity contribution is 5.13. The molecule has 1 saturated carbocycles. The van der Waals surface area contributed by atoms with Crippen LogP contribution in [-0.2, 0) is 17.9 Å². The molecule has 1 N–H and O–H groups in total. The van der Waals surface area contributed by atoms with Gasteiger partial charge in [0, 0.05) is 12.7 Å². The number of nitrogens with one attached hydrogen (secondary N) is 1. The maximum atomic E-state index is 6.03. The molecule has 3 atom stereocenters. The second-order valence-electron chi connectivity index (χ2n) is 6.14. The molecule has 1 fully saturated rings. The van der Waals surface area contributed by atoms with Crippen LogP contribution >= 0.6 is 0 Å². The van der Waals surface area contributed by atoms with Crippen molar-refractivity contribution in [2.24, 2.45) is 11.8 Å². The monoisotopic (exact) mass is 276 g/mol. The zero-order valence-corrected chi connectivity index (χ0v) is 13.1. The van der Waals surface area contributed by atoms with Crippen molar-refractivity contribution in [3.8, 4) is 0 Å². The summed E-state index contributed by atoms with van der Waals surface area (Å²) in [6, 6.07) is 4.22. The van der Waals surface area contributed by atoms with Gasteiger partial charge in [-0.25, -0.2) is 0 Å². The maximum absolute atomic E-state index is 6.03. The summed E-state index contributed by atoms with van der Waals surface area (Å²) >= 11 is 0. The first-order valence-electron chi connectivity index (χ1n) is 7.95. The molecule has 0 aromatic carbocycles. The number of hydrogen-bond acceptors (Lipinski definition) is 3. The first kappa shape index (κ1) is 15.5. The first-order chi connectivity index (χ1) is 9.69. The fourth-order valence-electron chi connectivity index (χ4n) is 2.77. The van der Waals surface area contributed by atoms with E-state index in [1.54, 1.807) is 0 Å². The van der Waals surface area contributed by atoms with Gasteiger partial charge in [-0.2, -0.15) is 0 Å².